The number of pyridine rings is 1. The Labute approximate surface area is 140 Å². The minimum absolute atomic E-state index is 0.0223. The van der Waals surface area contributed by atoms with Gasteiger partial charge in [-0.1, -0.05) is 42.5 Å². The zero-order valence-corrected chi connectivity index (χ0v) is 13.3. The minimum Gasteiger partial charge on any atom is -0.479 e. The molecule has 1 aromatic heterocycles. The van der Waals surface area contributed by atoms with Gasteiger partial charge >= 0.3 is 0 Å². The molecule has 0 saturated heterocycles. The molecule has 0 fully saturated rings. The summed E-state index contributed by atoms with van der Waals surface area (Å²) in [6.45, 7) is -0.0223. The fourth-order valence-corrected chi connectivity index (χ4v) is 2.60. The van der Waals surface area contributed by atoms with Crippen LogP contribution in [-0.2, 0) is 7.05 Å². The molecule has 0 atom stereocenters. The third-order valence-electron chi connectivity index (χ3n) is 3.69. The molecule has 1 heterocycles. The standard InChI is InChI=1S/C20H16N2O2/c1-22-13-18(15-6-3-2-4-7-15)20(23)19(14-22)16-8-5-9-17(12-16)24-11-10-21/h2-9,12-14H,11H2,1H3. The summed E-state index contributed by atoms with van der Waals surface area (Å²) in [5.41, 5.74) is 2.87. The van der Waals surface area contributed by atoms with E-state index in [0.717, 1.165) is 11.1 Å². The smallest absolute Gasteiger partial charge is 0.197 e. The van der Waals surface area contributed by atoms with Crippen molar-refractivity contribution in [3.8, 4) is 34.1 Å². The number of nitrogens with zero attached hydrogens (tertiary/aromatic N) is 2. The molecule has 3 aromatic rings. The van der Waals surface area contributed by atoms with E-state index in [1.165, 1.54) is 0 Å². The van der Waals surface area contributed by atoms with E-state index in [-0.39, 0.29) is 12.0 Å². The number of nitriles is 1. The highest BCUT2D eigenvalue weighted by atomic mass is 16.5. The lowest BCUT2D eigenvalue weighted by molar-refractivity contribution is 0.368. The molecule has 0 radical (unpaired) electrons. The largest absolute Gasteiger partial charge is 0.479 e. The molecule has 4 heteroatoms. The summed E-state index contributed by atoms with van der Waals surface area (Å²) in [7, 11) is 1.89. The molecule has 0 unspecified atom stereocenters. The second kappa shape index (κ2) is 6.84. The van der Waals surface area contributed by atoms with Crippen LogP contribution in [0.1, 0.15) is 0 Å². The van der Waals surface area contributed by atoms with Gasteiger partial charge in [0.2, 0.25) is 0 Å². The third-order valence-corrected chi connectivity index (χ3v) is 3.69. The first kappa shape index (κ1) is 15.6. The molecule has 2 aromatic carbocycles. The lowest BCUT2D eigenvalue weighted by atomic mass is 10.0. The summed E-state index contributed by atoms with van der Waals surface area (Å²) < 4.78 is 7.21. The van der Waals surface area contributed by atoms with Crippen molar-refractivity contribution in [1.29, 1.82) is 5.26 Å². The van der Waals surface area contributed by atoms with Crippen molar-refractivity contribution < 1.29 is 4.74 Å². The van der Waals surface area contributed by atoms with E-state index in [1.807, 2.05) is 66.3 Å². The maximum Gasteiger partial charge on any atom is 0.197 e. The summed E-state index contributed by atoms with van der Waals surface area (Å²) in [5, 5.41) is 8.63. The summed E-state index contributed by atoms with van der Waals surface area (Å²) in [6.07, 6.45) is 3.63. The van der Waals surface area contributed by atoms with Gasteiger partial charge in [0, 0.05) is 30.6 Å². The van der Waals surface area contributed by atoms with E-state index >= 15 is 0 Å². The van der Waals surface area contributed by atoms with Crippen LogP contribution in [0.3, 0.4) is 0 Å². The SMILES string of the molecule is Cn1cc(-c2ccccc2)c(=O)c(-c2cccc(OCC#N)c2)c1. The molecule has 0 aliphatic carbocycles. The number of aryl methyl sites for hydroxylation is 1. The highest BCUT2D eigenvalue weighted by molar-refractivity contribution is 5.72. The molecule has 0 saturated carbocycles. The van der Waals surface area contributed by atoms with E-state index < -0.39 is 0 Å². The van der Waals surface area contributed by atoms with Crippen LogP contribution in [0.25, 0.3) is 22.3 Å². The molecule has 4 nitrogen and oxygen atoms in total. The Balaban J connectivity index is 2.11. The number of hydrogen-bond acceptors (Lipinski definition) is 3. The number of ether oxygens (including phenoxy) is 1. The Morgan fingerprint density at radius 2 is 1.67 bits per heavy atom. The van der Waals surface area contributed by atoms with Crippen LogP contribution < -0.4 is 10.2 Å². The van der Waals surface area contributed by atoms with Gasteiger partial charge < -0.3 is 9.30 Å². The minimum atomic E-state index is -0.0308. The zero-order valence-electron chi connectivity index (χ0n) is 13.3. The van der Waals surface area contributed by atoms with Crippen molar-refractivity contribution in [3.63, 3.8) is 0 Å². The van der Waals surface area contributed by atoms with Gasteiger partial charge in [-0.3, -0.25) is 4.79 Å². The van der Waals surface area contributed by atoms with Crippen molar-refractivity contribution in [1.82, 2.24) is 4.57 Å². The molecule has 24 heavy (non-hydrogen) atoms. The molecule has 0 bridgehead atoms. The van der Waals surface area contributed by atoms with Crippen molar-refractivity contribution in [2.75, 3.05) is 6.61 Å². The number of hydrogen-bond donors (Lipinski definition) is 0. The molecule has 0 amide bonds. The van der Waals surface area contributed by atoms with Crippen molar-refractivity contribution in [2.24, 2.45) is 7.05 Å². The Hall–Kier alpha value is -3.32. The van der Waals surface area contributed by atoms with Gasteiger partial charge in [0.15, 0.2) is 12.0 Å². The topological polar surface area (TPSA) is 55.0 Å². The maximum atomic E-state index is 12.9. The second-order valence-corrected chi connectivity index (χ2v) is 5.42. The van der Waals surface area contributed by atoms with E-state index in [9.17, 15) is 4.79 Å². The van der Waals surface area contributed by atoms with E-state index in [1.54, 1.807) is 18.3 Å². The third kappa shape index (κ3) is 3.21. The van der Waals surface area contributed by atoms with Crippen LogP contribution in [0, 0.1) is 11.3 Å². The van der Waals surface area contributed by atoms with E-state index in [4.69, 9.17) is 10.00 Å². The number of benzene rings is 2. The lowest BCUT2D eigenvalue weighted by Crippen LogP contribution is -2.11. The van der Waals surface area contributed by atoms with Crippen LogP contribution in [-0.4, -0.2) is 11.2 Å². The van der Waals surface area contributed by atoms with Gasteiger partial charge in [-0.05, 0) is 23.3 Å². The molecule has 118 valence electrons. The predicted octanol–water partition coefficient (Wildman–Crippen LogP) is 3.62. The monoisotopic (exact) mass is 316 g/mol. The fourth-order valence-electron chi connectivity index (χ4n) is 2.60. The van der Waals surface area contributed by atoms with Gasteiger partial charge in [-0.15, -0.1) is 0 Å². The van der Waals surface area contributed by atoms with E-state index in [0.29, 0.717) is 16.9 Å². The van der Waals surface area contributed by atoms with Crippen molar-refractivity contribution in [3.05, 3.63) is 77.2 Å². The Morgan fingerprint density at radius 3 is 2.38 bits per heavy atom. The summed E-state index contributed by atoms with van der Waals surface area (Å²) in [5.74, 6) is 0.571. The van der Waals surface area contributed by atoms with Gasteiger partial charge in [-0.25, -0.2) is 0 Å². The van der Waals surface area contributed by atoms with Gasteiger partial charge in [-0.2, -0.15) is 5.26 Å². The highest BCUT2D eigenvalue weighted by Crippen LogP contribution is 2.24. The van der Waals surface area contributed by atoms with Gasteiger partial charge in [0.1, 0.15) is 11.8 Å². The quantitative estimate of drug-likeness (QED) is 0.738. The normalized spacial score (nSPS) is 10.2. The molecule has 0 N–H and O–H groups in total. The van der Waals surface area contributed by atoms with Crippen molar-refractivity contribution in [2.45, 2.75) is 0 Å². The average Bonchev–Trinajstić information content (AvgIpc) is 2.62. The number of rotatable bonds is 4. The van der Waals surface area contributed by atoms with Gasteiger partial charge in [0.05, 0.1) is 0 Å². The molecular formula is C20H16N2O2. The van der Waals surface area contributed by atoms with Crippen LogP contribution in [0.15, 0.2) is 71.8 Å². The van der Waals surface area contributed by atoms with E-state index in [2.05, 4.69) is 0 Å². The highest BCUT2D eigenvalue weighted by Gasteiger charge is 2.11. The number of aromatic nitrogens is 1. The predicted molar refractivity (Wildman–Crippen MR) is 93.7 cm³/mol. The first-order valence-corrected chi connectivity index (χ1v) is 7.55. The summed E-state index contributed by atoms with van der Waals surface area (Å²) in [4.78, 5) is 12.9. The molecule has 0 aliphatic rings. The zero-order chi connectivity index (χ0) is 16.9. The van der Waals surface area contributed by atoms with Crippen LogP contribution in [0.4, 0.5) is 0 Å². The Bertz CT molecular complexity index is 953. The Kier molecular flexibility index (Phi) is 4.44. The summed E-state index contributed by atoms with van der Waals surface area (Å²) in [6, 6.07) is 18.8. The molecule has 0 spiro atoms. The van der Waals surface area contributed by atoms with Crippen molar-refractivity contribution >= 4 is 0 Å². The fraction of sp³-hybridized carbons (Fsp3) is 0.100. The lowest BCUT2D eigenvalue weighted by Gasteiger charge is -2.10. The first-order chi connectivity index (χ1) is 11.7. The van der Waals surface area contributed by atoms with Gasteiger partial charge in [0.25, 0.3) is 0 Å². The summed E-state index contributed by atoms with van der Waals surface area (Å²) >= 11 is 0. The molecule has 0 aliphatic heterocycles. The first-order valence-electron chi connectivity index (χ1n) is 7.55. The molecule has 3 rings (SSSR count). The van der Waals surface area contributed by atoms with Crippen LogP contribution >= 0.6 is 0 Å². The van der Waals surface area contributed by atoms with Crippen LogP contribution in [0.5, 0.6) is 5.75 Å². The average molecular weight is 316 g/mol. The maximum absolute atomic E-state index is 12.9. The second-order valence-electron chi connectivity index (χ2n) is 5.42. The molecular weight excluding hydrogens is 300 g/mol. The van der Waals surface area contributed by atoms with Crippen LogP contribution in [0.2, 0.25) is 0 Å². The Morgan fingerprint density at radius 1 is 1.00 bits per heavy atom.